The number of nitrogens with one attached hydrogen (secondary N) is 1. The molecule has 1 N–H and O–H groups in total. The average molecular weight is 262 g/mol. The maximum atomic E-state index is 13.2. The van der Waals surface area contributed by atoms with Gasteiger partial charge in [-0.3, -0.25) is 14.2 Å². The van der Waals surface area contributed by atoms with E-state index in [2.05, 4.69) is 4.98 Å². The molecule has 100 valence electrons. The number of hydrogen-bond acceptors (Lipinski definition) is 2. The van der Waals surface area contributed by atoms with Crippen molar-refractivity contribution in [3.63, 3.8) is 0 Å². The van der Waals surface area contributed by atoms with Crippen LogP contribution in [0.4, 0.5) is 4.39 Å². The van der Waals surface area contributed by atoms with E-state index in [0.29, 0.717) is 11.0 Å². The zero-order chi connectivity index (χ0) is 13.4. The number of benzene rings is 1. The summed E-state index contributed by atoms with van der Waals surface area (Å²) >= 11 is 0. The lowest BCUT2D eigenvalue weighted by atomic mass is 9.95. The van der Waals surface area contributed by atoms with Crippen molar-refractivity contribution in [2.24, 2.45) is 0 Å². The van der Waals surface area contributed by atoms with Gasteiger partial charge in [0.15, 0.2) is 0 Å². The molecule has 0 atom stereocenters. The lowest BCUT2D eigenvalue weighted by molar-refractivity contribution is 0.352. The smallest absolute Gasteiger partial charge is 0.316 e. The first-order chi connectivity index (χ1) is 9.16. The number of aromatic nitrogens is 2. The van der Waals surface area contributed by atoms with E-state index in [1.807, 2.05) is 0 Å². The van der Waals surface area contributed by atoms with Gasteiger partial charge in [0.2, 0.25) is 0 Å². The topological polar surface area (TPSA) is 54.9 Å². The minimum atomic E-state index is -0.677. The van der Waals surface area contributed by atoms with Crippen LogP contribution in [-0.2, 0) is 0 Å². The van der Waals surface area contributed by atoms with Gasteiger partial charge in [-0.15, -0.1) is 0 Å². The maximum Gasteiger partial charge on any atom is 0.316 e. The predicted octanol–water partition coefficient (Wildman–Crippen LogP) is 2.33. The van der Waals surface area contributed by atoms with Crippen molar-refractivity contribution in [2.75, 3.05) is 0 Å². The van der Waals surface area contributed by atoms with Crippen molar-refractivity contribution < 1.29 is 4.39 Å². The average Bonchev–Trinajstić information content (AvgIpc) is 2.41. The first kappa shape index (κ1) is 12.1. The largest absolute Gasteiger partial charge is 0.316 e. The molecule has 1 heterocycles. The Balaban J connectivity index is 2.28. The van der Waals surface area contributed by atoms with E-state index < -0.39 is 16.9 Å². The molecule has 0 bridgehead atoms. The molecule has 1 saturated carbocycles. The standard InChI is InChI=1S/C14H15FN2O2/c15-9-6-7-12-11(8-9)16-13(18)14(19)17(12)10-4-2-1-3-5-10/h6-8,10H,1-5H2,(H,16,18). The molecule has 0 unspecified atom stereocenters. The van der Waals surface area contributed by atoms with Crippen LogP contribution in [0.15, 0.2) is 27.8 Å². The Labute approximate surface area is 108 Å². The third-order valence-corrected chi connectivity index (χ3v) is 3.82. The van der Waals surface area contributed by atoms with Gasteiger partial charge >= 0.3 is 11.1 Å². The van der Waals surface area contributed by atoms with Gasteiger partial charge in [0.25, 0.3) is 0 Å². The van der Waals surface area contributed by atoms with Crippen LogP contribution < -0.4 is 11.1 Å². The number of nitrogens with zero attached hydrogens (tertiary/aromatic N) is 1. The fourth-order valence-corrected chi connectivity index (χ4v) is 2.91. The fourth-order valence-electron chi connectivity index (χ4n) is 2.91. The van der Waals surface area contributed by atoms with Crippen LogP contribution in [0.25, 0.3) is 11.0 Å². The highest BCUT2D eigenvalue weighted by atomic mass is 19.1. The monoisotopic (exact) mass is 262 g/mol. The molecule has 1 aromatic carbocycles. The summed E-state index contributed by atoms with van der Waals surface area (Å²) in [7, 11) is 0. The van der Waals surface area contributed by atoms with E-state index in [1.54, 1.807) is 10.6 Å². The molecule has 0 spiro atoms. The highest BCUT2D eigenvalue weighted by Gasteiger charge is 2.19. The Kier molecular flexibility index (Phi) is 2.97. The normalized spacial score (nSPS) is 16.9. The second kappa shape index (κ2) is 4.64. The summed E-state index contributed by atoms with van der Waals surface area (Å²) < 4.78 is 14.8. The molecule has 5 heteroatoms. The van der Waals surface area contributed by atoms with Gasteiger partial charge in [-0.1, -0.05) is 19.3 Å². The molecule has 3 rings (SSSR count). The first-order valence-electron chi connectivity index (χ1n) is 6.61. The molecular weight excluding hydrogens is 247 g/mol. The molecule has 4 nitrogen and oxygen atoms in total. The summed E-state index contributed by atoms with van der Waals surface area (Å²) in [4.78, 5) is 26.2. The Morgan fingerprint density at radius 3 is 2.63 bits per heavy atom. The highest BCUT2D eigenvalue weighted by Crippen LogP contribution is 2.28. The minimum Gasteiger partial charge on any atom is -0.316 e. The molecule has 0 amide bonds. The van der Waals surface area contributed by atoms with Crippen molar-refractivity contribution >= 4 is 11.0 Å². The first-order valence-corrected chi connectivity index (χ1v) is 6.61. The van der Waals surface area contributed by atoms with Gasteiger partial charge in [-0.25, -0.2) is 4.39 Å². The predicted molar refractivity (Wildman–Crippen MR) is 70.9 cm³/mol. The molecule has 1 fully saturated rings. The van der Waals surface area contributed by atoms with E-state index in [9.17, 15) is 14.0 Å². The summed E-state index contributed by atoms with van der Waals surface area (Å²) in [5.41, 5.74) is -0.220. The van der Waals surface area contributed by atoms with E-state index >= 15 is 0 Å². The molecule has 0 aliphatic heterocycles. The molecule has 19 heavy (non-hydrogen) atoms. The van der Waals surface area contributed by atoms with Gasteiger partial charge in [-0.05, 0) is 31.0 Å². The second-order valence-corrected chi connectivity index (χ2v) is 5.08. The number of hydrogen-bond donors (Lipinski definition) is 1. The van der Waals surface area contributed by atoms with Gasteiger partial charge in [0, 0.05) is 6.04 Å². The van der Waals surface area contributed by atoms with Gasteiger partial charge in [0.1, 0.15) is 5.82 Å². The summed E-state index contributed by atoms with van der Waals surface area (Å²) in [6, 6.07) is 4.20. The molecule has 1 aliphatic rings. The van der Waals surface area contributed by atoms with E-state index in [0.717, 1.165) is 25.7 Å². The number of H-pyrrole nitrogens is 1. The third-order valence-electron chi connectivity index (χ3n) is 3.82. The second-order valence-electron chi connectivity index (χ2n) is 5.08. The van der Waals surface area contributed by atoms with Crippen LogP contribution in [0.3, 0.4) is 0 Å². The van der Waals surface area contributed by atoms with Crippen molar-refractivity contribution in [3.8, 4) is 0 Å². The van der Waals surface area contributed by atoms with Crippen molar-refractivity contribution in [2.45, 2.75) is 38.1 Å². The molecule has 1 aliphatic carbocycles. The summed E-state index contributed by atoms with van der Waals surface area (Å²) in [5.74, 6) is -0.419. The lowest BCUT2D eigenvalue weighted by Crippen LogP contribution is -2.38. The van der Waals surface area contributed by atoms with Crippen molar-refractivity contribution in [1.29, 1.82) is 0 Å². The van der Waals surface area contributed by atoms with Crippen LogP contribution in [0.2, 0.25) is 0 Å². The van der Waals surface area contributed by atoms with Crippen LogP contribution in [0.5, 0.6) is 0 Å². The van der Waals surface area contributed by atoms with Crippen LogP contribution in [0.1, 0.15) is 38.1 Å². The third kappa shape index (κ3) is 2.09. The summed E-state index contributed by atoms with van der Waals surface area (Å²) in [5, 5.41) is 0. The molecular formula is C14H15FN2O2. The highest BCUT2D eigenvalue weighted by molar-refractivity contribution is 5.74. The number of halogens is 1. The molecule has 0 saturated heterocycles. The Morgan fingerprint density at radius 1 is 1.16 bits per heavy atom. The number of rotatable bonds is 1. The molecule has 1 aromatic heterocycles. The molecule has 0 radical (unpaired) electrons. The SMILES string of the molecule is O=c1[nH]c2cc(F)ccc2n(C2CCCCC2)c1=O. The lowest BCUT2D eigenvalue weighted by Gasteiger charge is -2.25. The summed E-state index contributed by atoms with van der Waals surface area (Å²) in [6.45, 7) is 0. The van der Waals surface area contributed by atoms with E-state index in [4.69, 9.17) is 0 Å². The zero-order valence-electron chi connectivity index (χ0n) is 10.5. The Hall–Kier alpha value is -1.91. The fraction of sp³-hybridized carbons (Fsp3) is 0.429. The zero-order valence-corrected chi connectivity index (χ0v) is 10.5. The van der Waals surface area contributed by atoms with Gasteiger partial charge in [0.05, 0.1) is 11.0 Å². The van der Waals surface area contributed by atoms with Gasteiger partial charge in [-0.2, -0.15) is 0 Å². The summed E-state index contributed by atoms with van der Waals surface area (Å²) in [6.07, 6.45) is 5.09. The van der Waals surface area contributed by atoms with Crippen LogP contribution in [0, 0.1) is 5.82 Å². The van der Waals surface area contributed by atoms with E-state index in [1.165, 1.54) is 18.6 Å². The van der Waals surface area contributed by atoms with Gasteiger partial charge < -0.3 is 4.98 Å². The Morgan fingerprint density at radius 2 is 1.89 bits per heavy atom. The van der Waals surface area contributed by atoms with Crippen molar-refractivity contribution in [1.82, 2.24) is 9.55 Å². The quantitative estimate of drug-likeness (QED) is 0.802. The number of aromatic amines is 1. The molecule has 2 aromatic rings. The Bertz CT molecular complexity index is 726. The maximum absolute atomic E-state index is 13.2. The minimum absolute atomic E-state index is 0.0523. The van der Waals surface area contributed by atoms with Crippen molar-refractivity contribution in [3.05, 3.63) is 44.7 Å². The van der Waals surface area contributed by atoms with E-state index in [-0.39, 0.29) is 6.04 Å². The number of fused-ring (bicyclic) bond motifs is 1. The van der Waals surface area contributed by atoms with Crippen LogP contribution in [-0.4, -0.2) is 9.55 Å². The van der Waals surface area contributed by atoms with Crippen LogP contribution >= 0.6 is 0 Å².